The fraction of sp³-hybridized carbons (Fsp3) is 1.00. The van der Waals surface area contributed by atoms with E-state index in [9.17, 15) is 13.2 Å². The average Bonchev–Trinajstić information content (AvgIpc) is 2.21. The van der Waals surface area contributed by atoms with Crippen molar-refractivity contribution in [2.24, 2.45) is 11.8 Å². The standard InChI is InChI=1S/C12H20BrF3S/c1-2-3-9-4-5-11(13)10(8-9)6-7-17-12(14,15)16/h9-11H,2-8H2,1H3. The van der Waals surface area contributed by atoms with E-state index in [2.05, 4.69) is 22.9 Å². The summed E-state index contributed by atoms with van der Waals surface area (Å²) in [4.78, 5) is 0.421. The molecule has 5 heteroatoms. The molecule has 1 rings (SSSR count). The molecular weight excluding hydrogens is 313 g/mol. The van der Waals surface area contributed by atoms with Crippen LogP contribution in [0.25, 0.3) is 0 Å². The highest BCUT2D eigenvalue weighted by atomic mass is 79.9. The lowest BCUT2D eigenvalue weighted by molar-refractivity contribution is -0.0328. The first-order valence-corrected chi connectivity index (χ1v) is 8.17. The van der Waals surface area contributed by atoms with Gasteiger partial charge in [0.2, 0.25) is 0 Å². The molecular formula is C12H20BrF3S. The Labute approximate surface area is 114 Å². The molecule has 0 aromatic rings. The van der Waals surface area contributed by atoms with Crippen LogP contribution in [0.5, 0.6) is 0 Å². The van der Waals surface area contributed by atoms with Gasteiger partial charge in [-0.05, 0) is 37.5 Å². The van der Waals surface area contributed by atoms with Crippen molar-refractivity contribution in [2.75, 3.05) is 5.75 Å². The summed E-state index contributed by atoms with van der Waals surface area (Å²) in [6.45, 7) is 2.18. The van der Waals surface area contributed by atoms with E-state index in [0.717, 1.165) is 18.8 Å². The lowest BCUT2D eigenvalue weighted by atomic mass is 9.78. The molecule has 0 N–H and O–H groups in total. The van der Waals surface area contributed by atoms with E-state index in [-0.39, 0.29) is 17.5 Å². The van der Waals surface area contributed by atoms with Crippen LogP contribution in [0.15, 0.2) is 0 Å². The van der Waals surface area contributed by atoms with Gasteiger partial charge in [0.05, 0.1) is 0 Å². The number of halogens is 4. The second kappa shape index (κ2) is 7.27. The fourth-order valence-corrected chi connectivity index (χ4v) is 4.02. The molecule has 102 valence electrons. The highest BCUT2D eigenvalue weighted by molar-refractivity contribution is 9.09. The molecule has 3 unspecified atom stereocenters. The maximum absolute atomic E-state index is 12.1. The van der Waals surface area contributed by atoms with Crippen molar-refractivity contribution >= 4 is 27.7 Å². The second-order valence-electron chi connectivity index (χ2n) is 4.83. The van der Waals surface area contributed by atoms with Crippen LogP contribution in [-0.2, 0) is 0 Å². The topological polar surface area (TPSA) is 0 Å². The SMILES string of the molecule is CCCC1CCC(Br)C(CCSC(F)(F)F)C1. The predicted molar refractivity (Wildman–Crippen MR) is 71.6 cm³/mol. The molecule has 0 aliphatic heterocycles. The third-order valence-electron chi connectivity index (χ3n) is 3.45. The number of thioether (sulfide) groups is 1. The maximum atomic E-state index is 12.1. The fourth-order valence-electron chi connectivity index (χ4n) is 2.62. The lowest BCUT2D eigenvalue weighted by Crippen LogP contribution is -2.26. The van der Waals surface area contributed by atoms with Gasteiger partial charge in [-0.25, -0.2) is 0 Å². The van der Waals surface area contributed by atoms with Gasteiger partial charge in [-0.1, -0.05) is 47.5 Å². The summed E-state index contributed by atoms with van der Waals surface area (Å²) in [5, 5.41) is 0. The van der Waals surface area contributed by atoms with Crippen LogP contribution in [0.1, 0.15) is 45.4 Å². The summed E-state index contributed by atoms with van der Waals surface area (Å²) in [7, 11) is 0. The summed E-state index contributed by atoms with van der Waals surface area (Å²) >= 11 is 3.75. The van der Waals surface area contributed by atoms with E-state index in [0.29, 0.717) is 17.2 Å². The Morgan fingerprint density at radius 2 is 1.94 bits per heavy atom. The van der Waals surface area contributed by atoms with Crippen LogP contribution in [0.4, 0.5) is 13.2 Å². The molecule has 0 bridgehead atoms. The van der Waals surface area contributed by atoms with Crippen LogP contribution < -0.4 is 0 Å². The minimum Gasteiger partial charge on any atom is -0.160 e. The quantitative estimate of drug-likeness (QED) is 0.589. The van der Waals surface area contributed by atoms with Crippen LogP contribution >= 0.6 is 27.7 Å². The molecule has 1 aliphatic rings. The number of hydrogen-bond donors (Lipinski definition) is 0. The minimum absolute atomic E-state index is 0.123. The van der Waals surface area contributed by atoms with Gasteiger partial charge in [0.1, 0.15) is 0 Å². The van der Waals surface area contributed by atoms with Crippen molar-refractivity contribution in [3.8, 4) is 0 Å². The molecule has 0 amide bonds. The molecule has 0 aromatic carbocycles. The zero-order chi connectivity index (χ0) is 12.9. The van der Waals surface area contributed by atoms with Gasteiger partial charge in [-0.3, -0.25) is 0 Å². The first kappa shape index (κ1) is 15.7. The Kier molecular flexibility index (Phi) is 6.70. The molecule has 0 spiro atoms. The molecule has 1 saturated carbocycles. The Morgan fingerprint density at radius 3 is 2.53 bits per heavy atom. The molecule has 0 heterocycles. The van der Waals surface area contributed by atoms with Crippen LogP contribution in [0.3, 0.4) is 0 Å². The zero-order valence-corrected chi connectivity index (χ0v) is 12.5. The van der Waals surface area contributed by atoms with Crippen molar-refractivity contribution in [3.05, 3.63) is 0 Å². The molecule has 0 saturated heterocycles. The minimum atomic E-state index is -4.07. The van der Waals surface area contributed by atoms with Crippen LogP contribution in [0, 0.1) is 11.8 Å². The first-order chi connectivity index (χ1) is 7.92. The highest BCUT2D eigenvalue weighted by Gasteiger charge is 2.31. The summed E-state index contributed by atoms with van der Waals surface area (Å²) in [5.41, 5.74) is -4.07. The Morgan fingerprint density at radius 1 is 1.24 bits per heavy atom. The van der Waals surface area contributed by atoms with E-state index in [1.807, 2.05) is 0 Å². The molecule has 0 aromatic heterocycles. The van der Waals surface area contributed by atoms with Crippen molar-refractivity contribution in [2.45, 2.75) is 55.8 Å². The van der Waals surface area contributed by atoms with E-state index in [1.54, 1.807) is 0 Å². The Hall–Kier alpha value is 0.620. The summed E-state index contributed by atoms with van der Waals surface area (Å²) in [5.74, 6) is 1.36. The number of hydrogen-bond acceptors (Lipinski definition) is 1. The smallest absolute Gasteiger partial charge is 0.160 e. The van der Waals surface area contributed by atoms with Gasteiger partial charge >= 0.3 is 5.51 Å². The van der Waals surface area contributed by atoms with Crippen molar-refractivity contribution in [1.29, 1.82) is 0 Å². The number of alkyl halides is 4. The second-order valence-corrected chi connectivity index (χ2v) is 7.16. The van der Waals surface area contributed by atoms with Crippen LogP contribution in [0.2, 0.25) is 0 Å². The van der Waals surface area contributed by atoms with E-state index < -0.39 is 5.51 Å². The summed E-state index contributed by atoms with van der Waals surface area (Å²) in [6, 6.07) is 0. The highest BCUT2D eigenvalue weighted by Crippen LogP contribution is 2.39. The summed E-state index contributed by atoms with van der Waals surface area (Å²) in [6.07, 6.45) is 6.53. The van der Waals surface area contributed by atoms with Gasteiger partial charge in [0.15, 0.2) is 0 Å². The van der Waals surface area contributed by atoms with E-state index >= 15 is 0 Å². The predicted octanol–water partition coefficient (Wildman–Crippen LogP) is 5.61. The first-order valence-electron chi connectivity index (χ1n) is 6.27. The zero-order valence-electron chi connectivity index (χ0n) is 10.1. The molecule has 0 nitrogen and oxygen atoms in total. The molecule has 1 fully saturated rings. The van der Waals surface area contributed by atoms with Crippen LogP contribution in [-0.4, -0.2) is 16.1 Å². The van der Waals surface area contributed by atoms with Crippen molar-refractivity contribution < 1.29 is 13.2 Å². The molecule has 17 heavy (non-hydrogen) atoms. The van der Waals surface area contributed by atoms with Crippen molar-refractivity contribution in [1.82, 2.24) is 0 Å². The summed E-state index contributed by atoms with van der Waals surface area (Å²) < 4.78 is 36.2. The van der Waals surface area contributed by atoms with E-state index in [1.165, 1.54) is 19.3 Å². The van der Waals surface area contributed by atoms with Gasteiger partial charge in [-0.15, -0.1) is 0 Å². The van der Waals surface area contributed by atoms with E-state index in [4.69, 9.17) is 0 Å². The van der Waals surface area contributed by atoms with Crippen molar-refractivity contribution in [3.63, 3.8) is 0 Å². The Bertz CT molecular complexity index is 220. The molecule has 3 atom stereocenters. The Balaban J connectivity index is 2.29. The van der Waals surface area contributed by atoms with Gasteiger partial charge in [0, 0.05) is 10.6 Å². The van der Waals surface area contributed by atoms with Gasteiger partial charge in [-0.2, -0.15) is 13.2 Å². The molecule has 1 aliphatic carbocycles. The molecule has 0 radical (unpaired) electrons. The van der Waals surface area contributed by atoms with Gasteiger partial charge < -0.3 is 0 Å². The maximum Gasteiger partial charge on any atom is 0.441 e. The van der Waals surface area contributed by atoms with Gasteiger partial charge in [0.25, 0.3) is 0 Å². The monoisotopic (exact) mass is 332 g/mol. The lowest BCUT2D eigenvalue weighted by Gasteiger charge is -2.33. The third-order valence-corrected chi connectivity index (χ3v) is 5.42. The average molecular weight is 333 g/mol. The largest absolute Gasteiger partial charge is 0.441 e. The third kappa shape index (κ3) is 6.37. The number of rotatable bonds is 5. The normalized spacial score (nSPS) is 30.5.